The second-order valence-corrected chi connectivity index (χ2v) is 50.5. The molecule has 13 aliphatic heterocycles. The summed E-state index contributed by atoms with van der Waals surface area (Å²) in [6, 6.07) is 7.65. The van der Waals surface area contributed by atoms with Crippen LogP contribution in [0.4, 0.5) is 4.79 Å². The molecule has 0 spiro atoms. The fourth-order valence-corrected chi connectivity index (χ4v) is 21.3. The number of amides is 1. The highest BCUT2D eigenvalue weighted by Crippen LogP contribution is 2.40. The molecule has 34 heteroatoms. The van der Waals surface area contributed by atoms with Crippen LogP contribution < -0.4 is 0 Å². The number of hydrogen-bond acceptors (Lipinski definition) is 27. The van der Waals surface area contributed by atoms with Gasteiger partial charge >= 0.3 is 21.7 Å². The molecule has 13 saturated heterocycles. The lowest BCUT2D eigenvalue weighted by atomic mass is 10.0. The Morgan fingerprint density at radius 2 is 0.775 bits per heavy atom. The molecular weight excluding hydrogens is 1850 g/mol. The highest BCUT2D eigenvalue weighted by molar-refractivity contribution is 7.99. The van der Waals surface area contributed by atoms with E-state index in [0.717, 1.165) is 174 Å². The number of likely N-dealkylation sites (N-methyl/N-ethyl adjacent to an activating group) is 2. The van der Waals surface area contributed by atoms with Gasteiger partial charge in [-0.2, -0.15) is 11.8 Å². The van der Waals surface area contributed by atoms with Crippen LogP contribution >= 0.6 is 27.4 Å². The molecule has 1 amide bonds. The Kier molecular flexibility index (Phi) is 73.8. The van der Waals surface area contributed by atoms with Crippen molar-refractivity contribution in [2.45, 2.75) is 426 Å². The van der Waals surface area contributed by atoms with Gasteiger partial charge in [-0.3, -0.25) is 67.7 Å². The van der Waals surface area contributed by atoms with Gasteiger partial charge in [0.05, 0.1) is 38.6 Å². The van der Waals surface area contributed by atoms with Gasteiger partial charge in [-0.15, -0.1) is 0 Å². The topological polar surface area (TPSA) is 282 Å². The van der Waals surface area contributed by atoms with Crippen LogP contribution in [0.1, 0.15) is 324 Å². The summed E-state index contributed by atoms with van der Waals surface area (Å²) in [5, 5.41) is 18.2. The smallest absolute Gasteiger partial charge is 0.450 e. The third kappa shape index (κ3) is 65.3. The van der Waals surface area contributed by atoms with Gasteiger partial charge in [0.25, 0.3) is 0 Å². The van der Waals surface area contributed by atoms with Crippen molar-refractivity contribution in [3.05, 3.63) is 0 Å². The second kappa shape index (κ2) is 75.5. The van der Waals surface area contributed by atoms with E-state index in [1.165, 1.54) is 187 Å². The van der Waals surface area contributed by atoms with E-state index in [2.05, 4.69) is 316 Å². The van der Waals surface area contributed by atoms with Crippen LogP contribution in [0, 0.1) is 0 Å². The van der Waals surface area contributed by atoms with Crippen LogP contribution in [0.25, 0.3) is 0 Å². The van der Waals surface area contributed by atoms with Gasteiger partial charge in [0.15, 0.2) is 0 Å². The molecule has 13 aliphatic rings. The van der Waals surface area contributed by atoms with Gasteiger partial charge in [0.2, 0.25) is 0 Å². The number of hydrogen-bond donors (Lipinski definition) is 6. The quantitative estimate of drug-likeness (QED) is 0.0696. The molecule has 13 heterocycles. The molecule has 3 atom stereocenters. The fourth-order valence-electron chi connectivity index (χ4n) is 19.5. The van der Waals surface area contributed by atoms with E-state index < -0.39 is 15.6 Å². The molecular formula is C108H231N17O14P2S. The summed E-state index contributed by atoms with van der Waals surface area (Å²) in [5.41, 5.74) is 1.10. The summed E-state index contributed by atoms with van der Waals surface area (Å²) in [6.07, 6.45) is 18.3. The van der Waals surface area contributed by atoms with Crippen molar-refractivity contribution in [2.75, 3.05) is 268 Å². The zero-order valence-electron chi connectivity index (χ0n) is 98.0. The number of ketones is 1. The monoisotopic (exact) mass is 2080 g/mol. The van der Waals surface area contributed by atoms with Gasteiger partial charge in [-0.1, -0.05) is 19.8 Å². The average molecular weight is 2090 g/mol. The van der Waals surface area contributed by atoms with E-state index in [4.69, 9.17) is 34.2 Å². The maximum absolute atomic E-state index is 11.4. The van der Waals surface area contributed by atoms with Crippen molar-refractivity contribution in [2.24, 2.45) is 0 Å². The van der Waals surface area contributed by atoms with E-state index in [9.17, 15) is 23.8 Å². The Balaban J connectivity index is 0.000000772. The minimum Gasteiger partial charge on any atom is -0.450 e. The average Bonchev–Trinajstić information content (AvgIpc) is 0.850. The zero-order chi connectivity index (χ0) is 108. The van der Waals surface area contributed by atoms with Gasteiger partial charge in [0, 0.05) is 277 Å². The summed E-state index contributed by atoms with van der Waals surface area (Å²) in [7, 11) is -6.43. The van der Waals surface area contributed by atoms with E-state index in [1.807, 2.05) is 11.8 Å². The number of Topliss-reactive ketones (excluding diaryl/α,β-unsaturated/α-hetero) is 1. The highest BCUT2D eigenvalue weighted by Gasteiger charge is 2.33. The molecule has 0 saturated carbocycles. The summed E-state index contributed by atoms with van der Waals surface area (Å²) in [6.45, 7) is 110. The molecule has 0 bridgehead atoms. The lowest BCUT2D eigenvalue weighted by Crippen LogP contribution is -2.53. The van der Waals surface area contributed by atoms with E-state index in [1.54, 1.807) is 4.90 Å². The number of β-amino-alcohol motifs (C(OH)–C–C–N with tert-alkyl or cyclic N) is 1. The number of carbonyl (C=O) groups is 2. The number of aliphatic hydroxyl groups is 2. The van der Waals surface area contributed by atoms with Crippen LogP contribution in [0.5, 0.6) is 0 Å². The zero-order valence-corrected chi connectivity index (χ0v) is 101. The minimum atomic E-state index is -4.32. The van der Waals surface area contributed by atoms with Crippen LogP contribution in [0.15, 0.2) is 0 Å². The summed E-state index contributed by atoms with van der Waals surface area (Å²) in [4.78, 5) is 96.9. The molecule has 6 N–H and O–H groups in total. The van der Waals surface area contributed by atoms with Gasteiger partial charge in [-0.05, 0) is 351 Å². The molecule has 13 fully saturated rings. The van der Waals surface area contributed by atoms with Gasteiger partial charge < -0.3 is 68.7 Å². The summed E-state index contributed by atoms with van der Waals surface area (Å²) >= 11 is 2.07. The van der Waals surface area contributed by atoms with Crippen molar-refractivity contribution in [3.8, 4) is 0 Å². The number of rotatable bonds is 18. The molecule has 1 unspecified atom stereocenters. The van der Waals surface area contributed by atoms with Crippen molar-refractivity contribution >= 4 is 39.3 Å². The Labute approximate surface area is 877 Å². The van der Waals surface area contributed by atoms with Crippen molar-refractivity contribution in [3.63, 3.8) is 0 Å². The largest absolute Gasteiger partial charge is 0.470 e. The number of aliphatic hydroxyl groups excluding tert-OH is 2. The SMILES string of the molecule is CC(C)(C)N1CCCC1.CC(C)(C)N1CCOCC1.CC(C)N1CCC(=O)CC1.CC(C)N1CCC(OP(=O)(O)O)CC1.CC(C)N1CCCCC1.CC(C)N1CCCCC1C.CC(C)N1CCC[C@@H](O)C1.CC(C)N1CCC[C@H]1CO.CC(C)N1CCN(C)CC1.CC(C)N1CCN(COP(=O)(O)O)CC1.CC(C)N1CCSCC1.CCN1CCN(C(C)(C)C)CC1.CCOC(=O)N1CCN(C(C)C)CC1. The van der Waals surface area contributed by atoms with Gasteiger partial charge in [0.1, 0.15) is 12.5 Å². The number of piperidine rings is 5. The third-order valence-electron chi connectivity index (χ3n) is 29.6. The molecule has 142 heavy (non-hydrogen) atoms. The number of ether oxygens (including phenoxy) is 2. The first-order chi connectivity index (χ1) is 66.3. The molecule has 0 aromatic rings. The summed E-state index contributed by atoms with van der Waals surface area (Å²) in [5.74, 6) is 3.09. The van der Waals surface area contributed by atoms with Crippen LogP contribution in [-0.4, -0.2) is 494 Å². The number of nitrogens with zero attached hydrogens (tertiary/aromatic N) is 17. The highest BCUT2D eigenvalue weighted by atomic mass is 32.2. The lowest BCUT2D eigenvalue weighted by molar-refractivity contribution is -0.121. The Morgan fingerprint density at radius 1 is 0.401 bits per heavy atom. The Bertz CT molecular complexity index is 3110. The third-order valence-corrected chi connectivity index (χ3v) is 31.6. The van der Waals surface area contributed by atoms with Crippen LogP contribution in [-0.2, 0) is 32.4 Å². The normalized spacial score (nSPS) is 23.5. The first-order valence-electron chi connectivity index (χ1n) is 56.5. The standard InChI is InChI=1S/C10H20N2O2.C10H22N2.C9H19N.C8H19N2O4P.C8H18N2.C8H18NO4P.C8H17NO.C8H15NO.2C8H17NO.2C8H17N.C7H15NS/c1-4-14-10(13)12-7-5-11(6-8-12)9(2)3;1-5-11-6-8-12(9-7-11)10(2,3)4;1-8(2)10-7-5-4-6-9(10)3;1-8(2)10-5-3-9(4-6-10)7-14-15(11,12)13;1-8(2)10-6-4-9(3)5-7-10;1-7(2)9-5-3-8(4-6-9)13-14(10,11)12;1-8(2,3)9-4-6-10-7-5-9;1-7(2)9-5-3-8(10)4-6-9;1-7(2)9-5-3-4-8(9)6-10;1-7(2)9-5-3-4-8(10)6-9;1-8(2,3)9-6-4-5-7-9;1-8(2)9-6-4-3-5-7-9;1-7(2)8-3-5-9-6-4-8/h9H,4-8H2,1-3H3;5-9H2,1-4H3;8-9H,4-7H2,1-3H3;8H,3-7H2,1-2H3,(H2,11,12,13);8H,4-7H2,1-3H3;7-8H,3-6H2,1-2H3,(H2,10,11,12);4-7H2,1-3H3;7H,3-6H2,1-2H3;2*7-8,10H,3-6H2,1-2H3;4-7H2,1-3H3;8H,3-7H2,1-2H3;7H,3-6H2,1-2H3/t;;;;;;;;2*8-;;;/m........01.../s1. The lowest BCUT2D eigenvalue weighted by Gasteiger charge is -2.42. The maximum atomic E-state index is 11.4. The molecule has 31 nitrogen and oxygen atoms in total. The fraction of sp³-hybridized carbons (Fsp3) is 0.981. The molecule has 13 rings (SSSR count). The van der Waals surface area contributed by atoms with Crippen molar-refractivity contribution in [1.82, 2.24) is 83.3 Å². The number of phosphoric acid groups is 2. The van der Waals surface area contributed by atoms with Crippen LogP contribution in [0.3, 0.4) is 0 Å². The van der Waals surface area contributed by atoms with E-state index in [0.29, 0.717) is 90.7 Å². The number of thioether (sulfide) groups is 1. The summed E-state index contributed by atoms with van der Waals surface area (Å²) < 4.78 is 40.3. The number of phosphoric ester groups is 2. The first-order valence-corrected chi connectivity index (χ1v) is 60.7. The van der Waals surface area contributed by atoms with Crippen LogP contribution in [0.2, 0.25) is 0 Å². The molecule has 0 aliphatic carbocycles. The number of carbonyl (C=O) groups excluding carboxylic acids is 2. The first kappa shape index (κ1) is 139. The predicted molar refractivity (Wildman–Crippen MR) is 599 cm³/mol. The predicted octanol–water partition coefficient (Wildman–Crippen LogP) is 15.6. The number of likely N-dealkylation sites (tertiary alicyclic amines) is 7. The number of morpholine rings is 1. The number of piperazine rings is 4. The Morgan fingerprint density at radius 3 is 1.13 bits per heavy atom. The molecule has 848 valence electrons. The van der Waals surface area contributed by atoms with E-state index >= 15 is 0 Å². The molecule has 0 aromatic carbocycles. The van der Waals surface area contributed by atoms with E-state index in [-0.39, 0.29) is 25.0 Å². The molecule has 0 radical (unpaired) electrons. The van der Waals surface area contributed by atoms with Gasteiger partial charge in [-0.25, -0.2) is 13.9 Å². The van der Waals surface area contributed by atoms with Crippen molar-refractivity contribution < 1.29 is 67.0 Å². The van der Waals surface area contributed by atoms with Crippen molar-refractivity contribution in [1.29, 1.82) is 0 Å². The minimum absolute atomic E-state index is 0.0101. The maximum Gasteiger partial charge on any atom is 0.470 e. The molecule has 0 aromatic heterocycles. The Hall–Kier alpha value is -1.25. The second-order valence-electron chi connectivity index (χ2n) is 46.9.